The summed E-state index contributed by atoms with van der Waals surface area (Å²) in [5, 5.41) is 15.5. The summed E-state index contributed by atoms with van der Waals surface area (Å²) in [4.78, 5) is 9.76. The van der Waals surface area contributed by atoms with E-state index in [1.807, 2.05) is 18.5 Å². The first-order valence-electron chi connectivity index (χ1n) is 11.9. The van der Waals surface area contributed by atoms with Crippen LogP contribution in [0.1, 0.15) is 43.9 Å². The Balaban J connectivity index is 1.61. The largest absolute Gasteiger partial charge is 0.370 e. The van der Waals surface area contributed by atoms with Crippen molar-refractivity contribution >= 4 is 11.6 Å². The third-order valence-corrected chi connectivity index (χ3v) is 6.39. The molecule has 0 radical (unpaired) electrons. The van der Waals surface area contributed by atoms with Crippen molar-refractivity contribution in [3.8, 4) is 0 Å². The van der Waals surface area contributed by atoms with E-state index in [2.05, 4.69) is 75.7 Å². The van der Waals surface area contributed by atoms with E-state index in [-0.39, 0.29) is 0 Å². The number of nitrogens with zero attached hydrogens (tertiary/aromatic N) is 6. The number of likely N-dealkylation sites (N-methyl/N-ethyl adjacent to an activating group) is 2. The summed E-state index contributed by atoms with van der Waals surface area (Å²) in [6, 6.07) is 9.26. The van der Waals surface area contributed by atoms with Gasteiger partial charge >= 0.3 is 0 Å². The topological polar surface area (TPSA) is 73.6 Å². The fourth-order valence-electron chi connectivity index (χ4n) is 4.27. The maximum Gasteiger partial charge on any atom is 0.191 e. The van der Waals surface area contributed by atoms with Crippen LogP contribution in [0.4, 0.5) is 5.69 Å². The van der Waals surface area contributed by atoms with E-state index in [1.165, 1.54) is 30.6 Å². The maximum absolute atomic E-state index is 4.82. The molecule has 176 valence electrons. The van der Waals surface area contributed by atoms with Crippen LogP contribution in [0, 0.1) is 13.8 Å². The van der Waals surface area contributed by atoms with E-state index in [1.54, 1.807) is 0 Å². The SMILES string of the molecule is CCN(CCNC(=NCc1nnc(C)n1C)NCC1CCCN1CC)c1cccc(C)c1. The Morgan fingerprint density at radius 2 is 2.06 bits per heavy atom. The van der Waals surface area contributed by atoms with Crippen LogP contribution in [-0.4, -0.2) is 70.9 Å². The molecule has 8 nitrogen and oxygen atoms in total. The molecule has 2 aromatic rings. The lowest BCUT2D eigenvalue weighted by molar-refractivity contribution is 0.267. The number of likely N-dealkylation sites (tertiary alicyclic amines) is 1. The van der Waals surface area contributed by atoms with Crippen LogP contribution in [0.5, 0.6) is 0 Å². The Labute approximate surface area is 193 Å². The normalized spacial score (nSPS) is 17.0. The summed E-state index contributed by atoms with van der Waals surface area (Å²) in [5.41, 5.74) is 2.55. The molecule has 8 heteroatoms. The smallest absolute Gasteiger partial charge is 0.191 e. The fraction of sp³-hybridized carbons (Fsp3) is 0.625. The Morgan fingerprint density at radius 1 is 1.22 bits per heavy atom. The number of anilines is 1. The molecule has 1 unspecified atom stereocenters. The molecule has 1 atom stereocenters. The van der Waals surface area contributed by atoms with Gasteiger partial charge in [0.05, 0.1) is 0 Å². The second-order valence-corrected chi connectivity index (χ2v) is 8.54. The second kappa shape index (κ2) is 11.9. The monoisotopic (exact) mass is 440 g/mol. The number of benzene rings is 1. The molecule has 0 aliphatic carbocycles. The predicted octanol–water partition coefficient (Wildman–Crippen LogP) is 2.48. The molecule has 1 aliphatic heterocycles. The zero-order chi connectivity index (χ0) is 22.9. The maximum atomic E-state index is 4.82. The molecule has 1 aromatic heterocycles. The molecule has 1 fully saturated rings. The van der Waals surface area contributed by atoms with Crippen LogP contribution in [0.15, 0.2) is 29.3 Å². The quantitative estimate of drug-likeness (QED) is 0.437. The molecule has 1 saturated heterocycles. The minimum Gasteiger partial charge on any atom is -0.370 e. The first-order chi connectivity index (χ1) is 15.5. The van der Waals surface area contributed by atoms with Gasteiger partial charge in [-0.2, -0.15) is 0 Å². The second-order valence-electron chi connectivity index (χ2n) is 8.54. The predicted molar refractivity (Wildman–Crippen MR) is 132 cm³/mol. The van der Waals surface area contributed by atoms with Gasteiger partial charge < -0.3 is 20.1 Å². The van der Waals surface area contributed by atoms with Gasteiger partial charge in [0.1, 0.15) is 12.4 Å². The van der Waals surface area contributed by atoms with Gasteiger partial charge in [0.15, 0.2) is 11.8 Å². The molecular weight excluding hydrogens is 400 g/mol. The number of aryl methyl sites for hydroxylation is 2. The van der Waals surface area contributed by atoms with E-state index < -0.39 is 0 Å². The minimum absolute atomic E-state index is 0.504. The van der Waals surface area contributed by atoms with Crippen LogP contribution < -0.4 is 15.5 Å². The summed E-state index contributed by atoms with van der Waals surface area (Å²) in [6.45, 7) is 15.0. The standard InChI is InChI=1S/C24H40N8/c1-6-31-14-9-12-22(31)17-26-24(27-18-23-29-28-20(4)30(23)5)25-13-15-32(7-2)21-11-8-10-19(3)16-21/h8,10-11,16,22H,6-7,9,12-15,17-18H2,1-5H3,(H2,25,26,27). The summed E-state index contributed by atoms with van der Waals surface area (Å²) in [6.07, 6.45) is 2.52. The molecule has 1 aromatic carbocycles. The third-order valence-electron chi connectivity index (χ3n) is 6.39. The molecule has 0 saturated carbocycles. The van der Waals surface area contributed by atoms with Gasteiger partial charge in [0.2, 0.25) is 0 Å². The van der Waals surface area contributed by atoms with E-state index in [0.717, 1.165) is 50.3 Å². The number of hydrogen-bond acceptors (Lipinski definition) is 5. The summed E-state index contributed by atoms with van der Waals surface area (Å²) in [7, 11) is 1.99. The summed E-state index contributed by atoms with van der Waals surface area (Å²) < 4.78 is 1.99. The van der Waals surface area contributed by atoms with Gasteiger partial charge in [0.25, 0.3) is 0 Å². The average molecular weight is 441 g/mol. The number of rotatable bonds is 10. The van der Waals surface area contributed by atoms with Gasteiger partial charge in [-0.1, -0.05) is 19.1 Å². The highest BCUT2D eigenvalue weighted by Crippen LogP contribution is 2.16. The zero-order valence-electron chi connectivity index (χ0n) is 20.4. The molecule has 3 rings (SSSR count). The summed E-state index contributed by atoms with van der Waals surface area (Å²) >= 11 is 0. The first-order valence-corrected chi connectivity index (χ1v) is 11.9. The lowest BCUT2D eigenvalue weighted by Gasteiger charge is -2.26. The van der Waals surface area contributed by atoms with Crippen LogP contribution in [-0.2, 0) is 13.6 Å². The fourth-order valence-corrected chi connectivity index (χ4v) is 4.27. The number of nitrogens with one attached hydrogen (secondary N) is 2. The van der Waals surface area contributed by atoms with Crippen molar-refractivity contribution in [3.05, 3.63) is 41.5 Å². The third kappa shape index (κ3) is 6.45. The van der Waals surface area contributed by atoms with Crippen molar-refractivity contribution in [1.29, 1.82) is 0 Å². The molecular formula is C24H40N8. The lowest BCUT2D eigenvalue weighted by Crippen LogP contribution is -2.46. The highest BCUT2D eigenvalue weighted by molar-refractivity contribution is 5.79. The first kappa shape index (κ1) is 24.0. The van der Waals surface area contributed by atoms with Crippen molar-refractivity contribution in [3.63, 3.8) is 0 Å². The van der Waals surface area contributed by atoms with Crippen molar-refractivity contribution in [2.45, 2.75) is 53.1 Å². The van der Waals surface area contributed by atoms with E-state index in [9.17, 15) is 0 Å². The molecule has 0 amide bonds. The van der Waals surface area contributed by atoms with Crippen molar-refractivity contribution in [2.75, 3.05) is 44.2 Å². The van der Waals surface area contributed by atoms with Crippen molar-refractivity contribution in [1.82, 2.24) is 30.3 Å². The summed E-state index contributed by atoms with van der Waals surface area (Å²) in [5.74, 6) is 2.61. The van der Waals surface area contributed by atoms with Gasteiger partial charge in [-0.25, -0.2) is 4.99 Å². The van der Waals surface area contributed by atoms with Crippen molar-refractivity contribution < 1.29 is 0 Å². The van der Waals surface area contributed by atoms with Gasteiger partial charge in [-0.3, -0.25) is 4.90 Å². The van der Waals surface area contributed by atoms with Crippen LogP contribution in [0.3, 0.4) is 0 Å². The molecule has 2 N–H and O–H groups in total. The molecule has 32 heavy (non-hydrogen) atoms. The molecule has 1 aliphatic rings. The number of guanidine groups is 1. The average Bonchev–Trinajstić information content (AvgIpc) is 3.38. The molecule has 0 spiro atoms. The zero-order valence-corrected chi connectivity index (χ0v) is 20.4. The molecule has 2 heterocycles. The van der Waals surface area contributed by atoms with Crippen LogP contribution >= 0.6 is 0 Å². The van der Waals surface area contributed by atoms with Crippen molar-refractivity contribution in [2.24, 2.45) is 12.0 Å². The van der Waals surface area contributed by atoms with Crippen LogP contribution in [0.2, 0.25) is 0 Å². The number of hydrogen-bond donors (Lipinski definition) is 2. The lowest BCUT2D eigenvalue weighted by atomic mass is 10.2. The van der Waals surface area contributed by atoms with E-state index >= 15 is 0 Å². The number of aliphatic imine (C=N–C) groups is 1. The van der Waals surface area contributed by atoms with Gasteiger partial charge in [0, 0.05) is 45.0 Å². The Bertz CT molecular complexity index is 875. The number of aromatic nitrogens is 3. The minimum atomic E-state index is 0.504. The van der Waals surface area contributed by atoms with Crippen LogP contribution in [0.25, 0.3) is 0 Å². The Morgan fingerprint density at radius 3 is 2.75 bits per heavy atom. The van der Waals surface area contributed by atoms with E-state index in [0.29, 0.717) is 12.6 Å². The van der Waals surface area contributed by atoms with Gasteiger partial charge in [-0.05, 0) is 64.4 Å². The Kier molecular flexibility index (Phi) is 8.90. The van der Waals surface area contributed by atoms with E-state index in [4.69, 9.17) is 4.99 Å². The molecule has 0 bridgehead atoms. The highest BCUT2D eigenvalue weighted by atomic mass is 15.3. The van der Waals surface area contributed by atoms with Gasteiger partial charge in [-0.15, -0.1) is 10.2 Å². The Hall–Kier alpha value is -2.61. The highest BCUT2D eigenvalue weighted by Gasteiger charge is 2.22.